The lowest BCUT2D eigenvalue weighted by atomic mass is 10.0. The van der Waals surface area contributed by atoms with E-state index in [1.165, 1.54) is 23.2 Å². The van der Waals surface area contributed by atoms with Crippen LogP contribution >= 0.6 is 0 Å². The third-order valence-electron chi connectivity index (χ3n) is 4.53. The lowest BCUT2D eigenvalue weighted by Gasteiger charge is -2.36. The molecule has 0 radical (unpaired) electrons. The first-order chi connectivity index (χ1) is 12.5. The number of pyridine rings is 1. The SMILES string of the molecule is CN(C(=O)c1ccc(C(N)=O)cn1)C1CCCN(c2ccccc2)C1=O. The van der Waals surface area contributed by atoms with Crippen LogP contribution in [0.15, 0.2) is 48.7 Å². The normalized spacial score (nSPS) is 17.0. The van der Waals surface area contributed by atoms with E-state index in [0.717, 1.165) is 12.1 Å². The quantitative estimate of drug-likeness (QED) is 0.900. The second kappa shape index (κ2) is 7.35. The van der Waals surface area contributed by atoms with Crippen molar-refractivity contribution in [2.75, 3.05) is 18.5 Å². The van der Waals surface area contributed by atoms with Crippen LogP contribution < -0.4 is 10.6 Å². The van der Waals surface area contributed by atoms with E-state index in [0.29, 0.717) is 13.0 Å². The minimum absolute atomic E-state index is 0.105. The maximum Gasteiger partial charge on any atom is 0.272 e. The van der Waals surface area contributed by atoms with Crippen LogP contribution in [-0.4, -0.2) is 47.2 Å². The van der Waals surface area contributed by atoms with Gasteiger partial charge < -0.3 is 15.5 Å². The first-order valence-electron chi connectivity index (χ1n) is 8.38. The molecule has 26 heavy (non-hydrogen) atoms. The lowest BCUT2D eigenvalue weighted by Crippen LogP contribution is -2.53. The standard InChI is InChI=1S/C19H20N4O3/c1-22(18(25)15-10-9-13(12-21-15)17(20)24)16-8-5-11-23(19(16)26)14-6-3-2-4-7-14/h2-4,6-7,9-10,12,16H,5,8,11H2,1H3,(H2,20,24). The first-order valence-corrected chi connectivity index (χ1v) is 8.38. The van der Waals surface area contributed by atoms with Crippen molar-refractivity contribution >= 4 is 23.4 Å². The number of rotatable bonds is 4. The van der Waals surface area contributed by atoms with E-state index >= 15 is 0 Å². The Morgan fingerprint density at radius 1 is 1.19 bits per heavy atom. The number of anilines is 1. The molecule has 7 heteroatoms. The number of nitrogens with zero attached hydrogens (tertiary/aromatic N) is 3. The summed E-state index contributed by atoms with van der Waals surface area (Å²) in [5.74, 6) is -1.08. The summed E-state index contributed by atoms with van der Waals surface area (Å²) in [4.78, 5) is 43.8. The maximum absolute atomic E-state index is 12.9. The highest BCUT2D eigenvalue weighted by molar-refractivity contribution is 6.02. The molecule has 1 fully saturated rings. The van der Waals surface area contributed by atoms with Gasteiger partial charge in [-0.1, -0.05) is 18.2 Å². The fourth-order valence-corrected chi connectivity index (χ4v) is 3.07. The highest BCUT2D eigenvalue weighted by Gasteiger charge is 2.35. The molecule has 3 amide bonds. The van der Waals surface area contributed by atoms with Crippen LogP contribution in [0.2, 0.25) is 0 Å². The number of hydrogen-bond acceptors (Lipinski definition) is 4. The number of hydrogen-bond donors (Lipinski definition) is 1. The number of para-hydroxylation sites is 1. The number of carbonyl (C=O) groups excluding carboxylic acids is 3. The summed E-state index contributed by atoms with van der Waals surface area (Å²) in [7, 11) is 1.60. The third-order valence-corrected chi connectivity index (χ3v) is 4.53. The number of aromatic nitrogens is 1. The van der Waals surface area contributed by atoms with E-state index in [9.17, 15) is 14.4 Å². The lowest BCUT2D eigenvalue weighted by molar-refractivity contribution is -0.124. The summed E-state index contributed by atoms with van der Waals surface area (Å²) in [6.45, 7) is 0.632. The molecule has 1 aromatic heterocycles. The number of piperidine rings is 1. The van der Waals surface area contributed by atoms with E-state index in [1.54, 1.807) is 11.9 Å². The van der Waals surface area contributed by atoms with Crippen molar-refractivity contribution in [3.05, 3.63) is 59.9 Å². The summed E-state index contributed by atoms with van der Waals surface area (Å²) in [6, 6.07) is 11.8. The highest BCUT2D eigenvalue weighted by Crippen LogP contribution is 2.23. The zero-order valence-electron chi connectivity index (χ0n) is 14.5. The zero-order chi connectivity index (χ0) is 18.7. The molecule has 2 heterocycles. The van der Waals surface area contributed by atoms with Crippen LogP contribution in [0.3, 0.4) is 0 Å². The molecule has 7 nitrogen and oxygen atoms in total. The molecule has 0 saturated carbocycles. The maximum atomic E-state index is 12.9. The Hall–Kier alpha value is -3.22. The van der Waals surface area contributed by atoms with Gasteiger partial charge >= 0.3 is 0 Å². The van der Waals surface area contributed by atoms with Crippen LogP contribution in [0.1, 0.15) is 33.7 Å². The van der Waals surface area contributed by atoms with Crippen LogP contribution in [0.25, 0.3) is 0 Å². The molecule has 1 aliphatic heterocycles. The Labute approximate surface area is 151 Å². The number of amides is 3. The average Bonchev–Trinajstić information content (AvgIpc) is 2.68. The Kier molecular flexibility index (Phi) is 4.97. The molecule has 1 saturated heterocycles. The predicted molar refractivity (Wildman–Crippen MR) is 96.7 cm³/mol. The van der Waals surface area contributed by atoms with E-state index < -0.39 is 11.9 Å². The van der Waals surface area contributed by atoms with Crippen LogP contribution in [0.4, 0.5) is 5.69 Å². The molecule has 0 bridgehead atoms. The van der Waals surface area contributed by atoms with Gasteiger partial charge in [0.05, 0.1) is 5.56 Å². The third kappa shape index (κ3) is 3.42. The van der Waals surface area contributed by atoms with Crippen molar-refractivity contribution in [1.29, 1.82) is 0 Å². The molecular formula is C19H20N4O3. The fourth-order valence-electron chi connectivity index (χ4n) is 3.07. The number of primary amides is 1. The summed E-state index contributed by atoms with van der Waals surface area (Å²) in [6.07, 6.45) is 2.67. The topological polar surface area (TPSA) is 96.6 Å². The summed E-state index contributed by atoms with van der Waals surface area (Å²) in [5.41, 5.74) is 6.41. The van der Waals surface area contributed by atoms with Crippen LogP contribution in [-0.2, 0) is 4.79 Å². The Bertz CT molecular complexity index is 820. The fraction of sp³-hybridized carbons (Fsp3) is 0.263. The number of nitrogens with two attached hydrogens (primary N) is 1. The Balaban J connectivity index is 1.77. The first kappa shape index (κ1) is 17.6. The van der Waals surface area contributed by atoms with Crippen molar-refractivity contribution in [3.63, 3.8) is 0 Å². The average molecular weight is 352 g/mol. The van der Waals surface area contributed by atoms with Gasteiger partial charge in [0.25, 0.3) is 5.91 Å². The molecule has 3 rings (SSSR count). The van der Waals surface area contributed by atoms with Gasteiger partial charge in [-0.15, -0.1) is 0 Å². The summed E-state index contributed by atoms with van der Waals surface area (Å²) >= 11 is 0. The van der Waals surface area contributed by atoms with Gasteiger partial charge in [0, 0.05) is 25.5 Å². The number of benzene rings is 1. The summed E-state index contributed by atoms with van der Waals surface area (Å²) < 4.78 is 0. The molecule has 1 atom stereocenters. The second-order valence-corrected chi connectivity index (χ2v) is 6.20. The van der Waals surface area contributed by atoms with E-state index in [4.69, 9.17) is 5.73 Å². The Morgan fingerprint density at radius 2 is 1.92 bits per heavy atom. The van der Waals surface area contributed by atoms with Crippen molar-refractivity contribution in [1.82, 2.24) is 9.88 Å². The minimum Gasteiger partial charge on any atom is -0.366 e. The van der Waals surface area contributed by atoms with Crippen LogP contribution in [0, 0.1) is 0 Å². The van der Waals surface area contributed by atoms with Crippen molar-refractivity contribution in [3.8, 4) is 0 Å². The molecule has 2 N–H and O–H groups in total. The summed E-state index contributed by atoms with van der Waals surface area (Å²) in [5, 5.41) is 0. The largest absolute Gasteiger partial charge is 0.366 e. The van der Waals surface area contributed by atoms with E-state index in [1.807, 2.05) is 30.3 Å². The highest BCUT2D eigenvalue weighted by atomic mass is 16.2. The van der Waals surface area contributed by atoms with Gasteiger partial charge in [-0.25, -0.2) is 0 Å². The molecule has 1 unspecified atom stereocenters. The zero-order valence-corrected chi connectivity index (χ0v) is 14.5. The molecular weight excluding hydrogens is 332 g/mol. The van der Waals surface area contributed by atoms with Gasteiger partial charge in [-0.2, -0.15) is 0 Å². The number of carbonyl (C=O) groups is 3. The molecule has 0 spiro atoms. The van der Waals surface area contributed by atoms with Gasteiger partial charge in [0.2, 0.25) is 11.8 Å². The predicted octanol–water partition coefficient (Wildman–Crippen LogP) is 1.45. The number of likely N-dealkylation sites (N-methyl/N-ethyl adjacent to an activating group) is 1. The van der Waals surface area contributed by atoms with Gasteiger partial charge in [-0.05, 0) is 37.1 Å². The molecule has 0 aliphatic carbocycles. The smallest absolute Gasteiger partial charge is 0.272 e. The van der Waals surface area contributed by atoms with E-state index in [2.05, 4.69) is 4.98 Å². The van der Waals surface area contributed by atoms with Gasteiger partial charge in [0.1, 0.15) is 11.7 Å². The Morgan fingerprint density at radius 3 is 2.54 bits per heavy atom. The minimum atomic E-state index is -0.606. The monoisotopic (exact) mass is 352 g/mol. The van der Waals surface area contributed by atoms with Gasteiger partial charge in [-0.3, -0.25) is 19.4 Å². The molecule has 134 valence electrons. The molecule has 1 aromatic carbocycles. The second-order valence-electron chi connectivity index (χ2n) is 6.20. The van der Waals surface area contributed by atoms with Crippen molar-refractivity contribution in [2.45, 2.75) is 18.9 Å². The molecule has 1 aliphatic rings. The molecule has 2 aromatic rings. The van der Waals surface area contributed by atoms with E-state index in [-0.39, 0.29) is 23.1 Å². The van der Waals surface area contributed by atoms with Crippen molar-refractivity contribution in [2.24, 2.45) is 5.73 Å². The van der Waals surface area contributed by atoms with Gasteiger partial charge in [0.15, 0.2) is 0 Å². The van der Waals surface area contributed by atoms with Crippen LogP contribution in [0.5, 0.6) is 0 Å². The van der Waals surface area contributed by atoms with Crippen molar-refractivity contribution < 1.29 is 14.4 Å².